The minimum Gasteiger partial charge on any atom is -0.341 e. The van der Waals surface area contributed by atoms with E-state index >= 15 is 0 Å². The maximum atomic E-state index is 11.4. The summed E-state index contributed by atoms with van der Waals surface area (Å²) < 4.78 is 0. The van der Waals surface area contributed by atoms with Crippen LogP contribution in [-0.2, 0) is 4.79 Å². The highest BCUT2D eigenvalue weighted by molar-refractivity contribution is 6.27. The van der Waals surface area contributed by atoms with Crippen molar-refractivity contribution in [3.8, 4) is 0 Å². The Labute approximate surface area is 84.2 Å². The van der Waals surface area contributed by atoms with Crippen molar-refractivity contribution < 1.29 is 4.79 Å². The molecule has 0 spiro atoms. The van der Waals surface area contributed by atoms with E-state index in [0.29, 0.717) is 0 Å². The number of alkyl halides is 1. The minimum atomic E-state index is 0.121. The molecule has 0 aromatic heterocycles. The summed E-state index contributed by atoms with van der Waals surface area (Å²) in [6.45, 7) is 1.94. The second kappa shape index (κ2) is 3.87. The molecule has 1 aliphatic carbocycles. The van der Waals surface area contributed by atoms with E-state index in [0.717, 1.165) is 24.9 Å². The van der Waals surface area contributed by atoms with Crippen LogP contribution in [0.2, 0.25) is 0 Å². The summed E-state index contributed by atoms with van der Waals surface area (Å²) in [4.78, 5) is 13.3. The molecule has 13 heavy (non-hydrogen) atoms. The Balaban J connectivity index is 1.94. The van der Waals surface area contributed by atoms with Crippen LogP contribution >= 0.6 is 11.6 Å². The van der Waals surface area contributed by atoms with Gasteiger partial charge in [0.15, 0.2) is 0 Å². The molecule has 2 fully saturated rings. The maximum absolute atomic E-state index is 11.4. The van der Waals surface area contributed by atoms with Crippen molar-refractivity contribution in [2.45, 2.75) is 25.7 Å². The van der Waals surface area contributed by atoms with E-state index < -0.39 is 0 Å². The Hall–Kier alpha value is -0.240. The van der Waals surface area contributed by atoms with E-state index in [1.54, 1.807) is 0 Å². The predicted molar refractivity (Wildman–Crippen MR) is 52.7 cm³/mol. The molecule has 3 heteroatoms. The van der Waals surface area contributed by atoms with Crippen molar-refractivity contribution in [1.29, 1.82) is 0 Å². The number of fused-ring (bicyclic) bond motifs is 1. The van der Waals surface area contributed by atoms with Crippen LogP contribution < -0.4 is 0 Å². The summed E-state index contributed by atoms with van der Waals surface area (Å²) in [6.07, 6.45) is 5.33. The lowest BCUT2D eigenvalue weighted by Gasteiger charge is -2.22. The number of nitrogens with zero attached hydrogens (tertiary/aromatic N) is 1. The van der Waals surface area contributed by atoms with Gasteiger partial charge in [0.1, 0.15) is 5.88 Å². The third kappa shape index (κ3) is 1.83. The molecule has 2 unspecified atom stereocenters. The van der Waals surface area contributed by atoms with Crippen LogP contribution in [0.3, 0.4) is 0 Å². The molecule has 0 aromatic carbocycles. The van der Waals surface area contributed by atoms with Crippen LogP contribution in [-0.4, -0.2) is 29.8 Å². The molecule has 0 aromatic rings. The zero-order valence-electron chi connectivity index (χ0n) is 7.84. The van der Waals surface area contributed by atoms with Gasteiger partial charge in [-0.2, -0.15) is 0 Å². The summed E-state index contributed by atoms with van der Waals surface area (Å²) in [7, 11) is 0. The topological polar surface area (TPSA) is 20.3 Å². The minimum absolute atomic E-state index is 0.121. The first-order chi connectivity index (χ1) is 6.31. The van der Waals surface area contributed by atoms with E-state index in [9.17, 15) is 4.79 Å². The van der Waals surface area contributed by atoms with Crippen LogP contribution in [0.4, 0.5) is 0 Å². The van der Waals surface area contributed by atoms with Gasteiger partial charge in [0, 0.05) is 13.1 Å². The molecule has 2 aliphatic rings. The monoisotopic (exact) mass is 201 g/mol. The molecule has 1 amide bonds. The molecular formula is C10H16ClNO. The average Bonchev–Trinajstić information content (AvgIpc) is 2.59. The van der Waals surface area contributed by atoms with Gasteiger partial charge in [-0.25, -0.2) is 0 Å². The number of carbonyl (C=O) groups excluding carboxylic acids is 1. The van der Waals surface area contributed by atoms with E-state index in [-0.39, 0.29) is 11.8 Å². The van der Waals surface area contributed by atoms with Gasteiger partial charge in [-0.05, 0) is 24.7 Å². The van der Waals surface area contributed by atoms with Gasteiger partial charge in [-0.15, -0.1) is 11.6 Å². The zero-order chi connectivity index (χ0) is 9.26. The fourth-order valence-corrected chi connectivity index (χ4v) is 2.86. The summed E-state index contributed by atoms with van der Waals surface area (Å²) in [5.74, 6) is 1.83. The molecule has 1 saturated heterocycles. The first-order valence-corrected chi connectivity index (χ1v) is 5.68. The lowest BCUT2D eigenvalue weighted by molar-refractivity contribution is -0.127. The quantitative estimate of drug-likeness (QED) is 0.594. The molecule has 0 N–H and O–H groups in total. The molecule has 2 nitrogen and oxygen atoms in total. The highest BCUT2D eigenvalue weighted by Gasteiger charge is 2.35. The number of halogens is 1. The lowest BCUT2D eigenvalue weighted by Crippen LogP contribution is -2.29. The Morgan fingerprint density at radius 1 is 1.23 bits per heavy atom. The van der Waals surface area contributed by atoms with Gasteiger partial charge in [-0.3, -0.25) is 4.79 Å². The third-order valence-corrected chi connectivity index (χ3v) is 3.67. The molecule has 1 heterocycles. The standard InChI is InChI=1S/C10H16ClNO/c11-5-10(13)12-6-8-3-1-2-4-9(8)7-12/h8-9H,1-7H2. The molecule has 2 atom stereocenters. The van der Waals surface area contributed by atoms with Crippen LogP contribution in [0.5, 0.6) is 0 Å². The van der Waals surface area contributed by atoms with Crippen molar-refractivity contribution in [2.75, 3.05) is 19.0 Å². The van der Waals surface area contributed by atoms with Crippen LogP contribution in [0.25, 0.3) is 0 Å². The smallest absolute Gasteiger partial charge is 0.237 e. The zero-order valence-corrected chi connectivity index (χ0v) is 8.59. The average molecular weight is 202 g/mol. The maximum Gasteiger partial charge on any atom is 0.237 e. The normalized spacial score (nSPS) is 33.2. The summed E-state index contributed by atoms with van der Waals surface area (Å²) in [5, 5.41) is 0. The second-order valence-corrected chi connectivity index (χ2v) is 4.50. The fourth-order valence-electron chi connectivity index (χ4n) is 2.69. The van der Waals surface area contributed by atoms with Gasteiger partial charge < -0.3 is 4.90 Å². The Morgan fingerprint density at radius 2 is 1.77 bits per heavy atom. The van der Waals surface area contributed by atoms with Crippen molar-refractivity contribution in [3.63, 3.8) is 0 Å². The highest BCUT2D eigenvalue weighted by Crippen LogP contribution is 2.35. The number of rotatable bonds is 1. The molecule has 74 valence electrons. The molecule has 1 aliphatic heterocycles. The number of hydrogen-bond donors (Lipinski definition) is 0. The van der Waals surface area contributed by atoms with E-state index in [2.05, 4.69) is 0 Å². The van der Waals surface area contributed by atoms with Gasteiger partial charge >= 0.3 is 0 Å². The van der Waals surface area contributed by atoms with Crippen LogP contribution in [0.1, 0.15) is 25.7 Å². The summed E-state index contributed by atoms with van der Waals surface area (Å²) in [5.41, 5.74) is 0. The van der Waals surface area contributed by atoms with Gasteiger partial charge in [0.05, 0.1) is 0 Å². The summed E-state index contributed by atoms with van der Waals surface area (Å²) in [6, 6.07) is 0. The number of carbonyl (C=O) groups is 1. The van der Waals surface area contributed by atoms with Gasteiger partial charge in [-0.1, -0.05) is 12.8 Å². The highest BCUT2D eigenvalue weighted by atomic mass is 35.5. The van der Waals surface area contributed by atoms with Crippen LogP contribution in [0.15, 0.2) is 0 Å². The molecule has 0 radical (unpaired) electrons. The molecular weight excluding hydrogens is 186 g/mol. The van der Waals surface area contributed by atoms with Gasteiger partial charge in [0.2, 0.25) is 5.91 Å². The first kappa shape index (κ1) is 9.32. The molecule has 1 saturated carbocycles. The largest absolute Gasteiger partial charge is 0.341 e. The Morgan fingerprint density at radius 3 is 2.23 bits per heavy atom. The number of amides is 1. The van der Waals surface area contributed by atoms with E-state index in [1.807, 2.05) is 4.90 Å². The van der Waals surface area contributed by atoms with Gasteiger partial charge in [0.25, 0.3) is 0 Å². The van der Waals surface area contributed by atoms with E-state index in [1.165, 1.54) is 25.7 Å². The third-order valence-electron chi connectivity index (χ3n) is 3.44. The van der Waals surface area contributed by atoms with Crippen molar-refractivity contribution in [2.24, 2.45) is 11.8 Å². The predicted octanol–water partition coefficient (Wildman–Crippen LogP) is 1.87. The van der Waals surface area contributed by atoms with Crippen molar-refractivity contribution in [3.05, 3.63) is 0 Å². The molecule has 0 bridgehead atoms. The fraction of sp³-hybridized carbons (Fsp3) is 0.900. The second-order valence-electron chi connectivity index (χ2n) is 4.24. The number of hydrogen-bond acceptors (Lipinski definition) is 1. The Kier molecular flexibility index (Phi) is 2.77. The molecule has 2 rings (SSSR count). The number of likely N-dealkylation sites (tertiary alicyclic amines) is 1. The van der Waals surface area contributed by atoms with Crippen molar-refractivity contribution in [1.82, 2.24) is 4.90 Å². The van der Waals surface area contributed by atoms with E-state index in [4.69, 9.17) is 11.6 Å². The lowest BCUT2D eigenvalue weighted by atomic mass is 9.82. The first-order valence-electron chi connectivity index (χ1n) is 5.15. The van der Waals surface area contributed by atoms with Crippen molar-refractivity contribution >= 4 is 17.5 Å². The summed E-state index contributed by atoms with van der Waals surface area (Å²) >= 11 is 5.54. The Bertz CT molecular complexity index is 193. The SMILES string of the molecule is O=C(CCl)N1CC2CCCCC2C1. The van der Waals surface area contributed by atoms with Crippen LogP contribution in [0, 0.1) is 11.8 Å².